The fourth-order valence-corrected chi connectivity index (χ4v) is 5.17. The smallest absolute Gasteiger partial charge is 0.229 e. The highest BCUT2D eigenvalue weighted by atomic mass is 15.2. The number of hydrogen-bond donors (Lipinski definition) is 0. The van der Waals surface area contributed by atoms with Crippen LogP contribution in [0.2, 0.25) is 0 Å². The van der Waals surface area contributed by atoms with Crippen LogP contribution in [0.1, 0.15) is 11.5 Å². The molecule has 3 heterocycles. The fraction of sp³-hybridized carbons (Fsp3) is 0.0667. The molecule has 4 nitrogen and oxygen atoms in total. The van der Waals surface area contributed by atoms with Crippen LogP contribution in [0.4, 0.5) is 0 Å². The van der Waals surface area contributed by atoms with Gasteiger partial charge in [0, 0.05) is 40.2 Å². The first-order valence-electron chi connectivity index (χ1n) is 11.6. The summed E-state index contributed by atoms with van der Waals surface area (Å²) in [4.78, 5) is 9.61. The first-order chi connectivity index (χ1) is 16.9. The largest absolute Gasteiger partial charge is 0.309 e. The number of benzene rings is 4. The molecule has 0 spiro atoms. The molecule has 1 unspecified atom stereocenters. The number of nitrogens with zero attached hydrogens (tertiary/aromatic N) is 4. The third kappa shape index (κ3) is 2.85. The summed E-state index contributed by atoms with van der Waals surface area (Å²) < 4.78 is 4.46. The second-order valence-electron chi connectivity index (χ2n) is 8.70. The summed E-state index contributed by atoms with van der Waals surface area (Å²) in [6.07, 6.45) is 4.13. The standard InChI is InChI=1S/C30H22N4/c1-3-9-21(10-4-1)22-19-31-30(32-20-22)33-18-17-25-26(33)15-16-28-29(25)24-13-7-8-14-27(24)34(28)23-11-5-2-6-12-23/h1-19,22H,20H2. The van der Waals surface area contributed by atoms with E-state index >= 15 is 0 Å². The van der Waals surface area contributed by atoms with Gasteiger partial charge in [-0.2, -0.15) is 0 Å². The lowest BCUT2D eigenvalue weighted by molar-refractivity contribution is 0.875. The molecule has 1 aliphatic heterocycles. The van der Waals surface area contributed by atoms with E-state index in [4.69, 9.17) is 9.98 Å². The maximum atomic E-state index is 4.85. The van der Waals surface area contributed by atoms with E-state index in [1.54, 1.807) is 0 Å². The van der Waals surface area contributed by atoms with Gasteiger partial charge in [0.1, 0.15) is 0 Å². The Morgan fingerprint density at radius 1 is 0.647 bits per heavy atom. The summed E-state index contributed by atoms with van der Waals surface area (Å²) in [5.74, 6) is 0.968. The second-order valence-corrected chi connectivity index (χ2v) is 8.70. The number of aliphatic imine (C=N–C) groups is 2. The molecule has 0 aliphatic carbocycles. The Hall–Kier alpha value is -4.44. The molecular formula is C30H22N4. The van der Waals surface area contributed by atoms with Gasteiger partial charge in [-0.3, -0.25) is 4.57 Å². The van der Waals surface area contributed by atoms with Crippen molar-refractivity contribution in [3.05, 3.63) is 115 Å². The number of hydrogen-bond acceptors (Lipinski definition) is 2. The van der Waals surface area contributed by atoms with E-state index < -0.39 is 0 Å². The Bertz CT molecular complexity index is 1720. The Balaban J connectivity index is 1.38. The van der Waals surface area contributed by atoms with Crippen LogP contribution in [0.3, 0.4) is 0 Å². The van der Waals surface area contributed by atoms with Crippen LogP contribution in [0.15, 0.2) is 119 Å². The van der Waals surface area contributed by atoms with Crippen molar-refractivity contribution in [3.8, 4) is 5.69 Å². The average Bonchev–Trinajstić information content (AvgIpc) is 3.49. The van der Waals surface area contributed by atoms with Crippen LogP contribution in [-0.2, 0) is 0 Å². The minimum absolute atomic E-state index is 0.224. The molecule has 4 aromatic carbocycles. The molecule has 1 atom stereocenters. The molecule has 162 valence electrons. The van der Waals surface area contributed by atoms with Crippen molar-refractivity contribution in [2.24, 2.45) is 9.98 Å². The molecule has 0 fully saturated rings. The molecule has 0 amide bonds. The normalized spacial score (nSPS) is 15.9. The Morgan fingerprint density at radius 2 is 1.35 bits per heavy atom. The van der Waals surface area contributed by atoms with Gasteiger partial charge < -0.3 is 4.57 Å². The summed E-state index contributed by atoms with van der Waals surface area (Å²) in [6.45, 7) is 0.706. The van der Waals surface area contributed by atoms with Crippen molar-refractivity contribution in [1.82, 2.24) is 9.13 Å². The van der Waals surface area contributed by atoms with E-state index in [-0.39, 0.29) is 5.92 Å². The molecule has 0 bridgehead atoms. The zero-order chi connectivity index (χ0) is 22.5. The van der Waals surface area contributed by atoms with Crippen LogP contribution in [0.5, 0.6) is 0 Å². The van der Waals surface area contributed by atoms with Gasteiger partial charge in [0.05, 0.1) is 23.1 Å². The predicted molar refractivity (Wildman–Crippen MR) is 142 cm³/mol. The summed E-state index contributed by atoms with van der Waals surface area (Å²) in [5.41, 5.74) is 5.96. The van der Waals surface area contributed by atoms with Crippen molar-refractivity contribution in [1.29, 1.82) is 0 Å². The second kappa shape index (κ2) is 7.56. The first kappa shape index (κ1) is 19.1. The molecule has 0 N–H and O–H groups in total. The monoisotopic (exact) mass is 438 g/mol. The number of rotatable bonds is 2. The van der Waals surface area contributed by atoms with Gasteiger partial charge in [0.25, 0.3) is 0 Å². The molecule has 2 aromatic heterocycles. The van der Waals surface area contributed by atoms with E-state index in [2.05, 4.69) is 112 Å². The summed E-state index contributed by atoms with van der Waals surface area (Å²) in [5, 5.41) is 3.73. The van der Waals surface area contributed by atoms with Gasteiger partial charge >= 0.3 is 0 Å². The number of aromatic nitrogens is 2. The van der Waals surface area contributed by atoms with Gasteiger partial charge in [0.15, 0.2) is 0 Å². The molecule has 6 aromatic rings. The molecule has 0 saturated carbocycles. The average molecular weight is 439 g/mol. The quantitative estimate of drug-likeness (QED) is 0.285. The summed E-state index contributed by atoms with van der Waals surface area (Å²) in [6, 6.07) is 36.3. The SMILES string of the molecule is C1=NC(n2ccc3c4c5ccccc5n(-c5ccccc5)c4ccc32)=NCC1c1ccccc1. The third-order valence-corrected chi connectivity index (χ3v) is 6.76. The van der Waals surface area contributed by atoms with E-state index in [1.807, 2.05) is 12.3 Å². The minimum atomic E-state index is 0.224. The molecule has 4 heteroatoms. The molecule has 1 aliphatic rings. The maximum absolute atomic E-state index is 4.85. The first-order valence-corrected chi connectivity index (χ1v) is 11.6. The van der Waals surface area contributed by atoms with Gasteiger partial charge in [-0.25, -0.2) is 9.98 Å². The highest BCUT2D eigenvalue weighted by molar-refractivity contribution is 6.22. The summed E-state index contributed by atoms with van der Waals surface area (Å²) in [7, 11) is 0. The minimum Gasteiger partial charge on any atom is -0.309 e. The number of para-hydroxylation sites is 2. The number of fused-ring (bicyclic) bond motifs is 5. The van der Waals surface area contributed by atoms with E-state index in [0.29, 0.717) is 6.54 Å². The van der Waals surface area contributed by atoms with Gasteiger partial charge in [-0.1, -0.05) is 66.7 Å². The predicted octanol–water partition coefficient (Wildman–Crippen LogP) is 6.81. The van der Waals surface area contributed by atoms with E-state index in [1.165, 1.54) is 38.4 Å². The van der Waals surface area contributed by atoms with E-state index in [9.17, 15) is 0 Å². The van der Waals surface area contributed by atoms with Crippen molar-refractivity contribution < 1.29 is 0 Å². The highest BCUT2D eigenvalue weighted by Crippen LogP contribution is 2.37. The van der Waals surface area contributed by atoms with Crippen LogP contribution in [-0.4, -0.2) is 27.9 Å². The topological polar surface area (TPSA) is 34.6 Å². The zero-order valence-corrected chi connectivity index (χ0v) is 18.5. The van der Waals surface area contributed by atoms with Crippen LogP contribution >= 0.6 is 0 Å². The van der Waals surface area contributed by atoms with Gasteiger partial charge in [0.2, 0.25) is 5.96 Å². The molecule has 0 radical (unpaired) electrons. The molecule has 0 saturated heterocycles. The Kier molecular flexibility index (Phi) is 4.24. The highest BCUT2D eigenvalue weighted by Gasteiger charge is 2.19. The zero-order valence-electron chi connectivity index (χ0n) is 18.5. The van der Waals surface area contributed by atoms with Gasteiger partial charge in [-0.05, 0) is 42.0 Å². The lowest BCUT2D eigenvalue weighted by Crippen LogP contribution is -2.18. The molecule has 7 rings (SSSR count). The van der Waals surface area contributed by atoms with E-state index in [0.717, 1.165) is 11.5 Å². The summed E-state index contributed by atoms with van der Waals surface area (Å²) >= 11 is 0. The van der Waals surface area contributed by atoms with Gasteiger partial charge in [-0.15, -0.1) is 0 Å². The third-order valence-electron chi connectivity index (χ3n) is 6.76. The lowest BCUT2D eigenvalue weighted by Gasteiger charge is -2.16. The fourth-order valence-electron chi connectivity index (χ4n) is 5.17. The molecule has 34 heavy (non-hydrogen) atoms. The van der Waals surface area contributed by atoms with Crippen LogP contribution < -0.4 is 0 Å². The Morgan fingerprint density at radius 3 is 2.15 bits per heavy atom. The molecular weight excluding hydrogens is 416 g/mol. The van der Waals surface area contributed by atoms with Crippen LogP contribution in [0, 0.1) is 0 Å². The Labute approximate surface area is 197 Å². The van der Waals surface area contributed by atoms with Crippen LogP contribution in [0.25, 0.3) is 38.4 Å². The van der Waals surface area contributed by atoms with Crippen molar-refractivity contribution in [2.45, 2.75) is 5.92 Å². The maximum Gasteiger partial charge on any atom is 0.229 e. The lowest BCUT2D eigenvalue weighted by atomic mass is 10.0. The van der Waals surface area contributed by atoms with Crippen molar-refractivity contribution in [3.63, 3.8) is 0 Å². The van der Waals surface area contributed by atoms with Crippen molar-refractivity contribution >= 4 is 44.9 Å². The van der Waals surface area contributed by atoms with Crippen molar-refractivity contribution in [2.75, 3.05) is 6.54 Å².